The van der Waals surface area contributed by atoms with E-state index in [1.165, 1.54) is 29.9 Å². The van der Waals surface area contributed by atoms with Crippen molar-refractivity contribution in [2.45, 2.75) is 19.9 Å². The Labute approximate surface area is 237 Å². The first-order valence-electron chi connectivity index (χ1n) is 12.5. The molecule has 0 aliphatic carbocycles. The number of methoxy groups -OCH3 is 2. The van der Waals surface area contributed by atoms with Crippen LogP contribution in [0.2, 0.25) is 0 Å². The van der Waals surface area contributed by atoms with E-state index in [2.05, 4.69) is 4.99 Å². The number of esters is 1. The summed E-state index contributed by atoms with van der Waals surface area (Å²) in [5, 5.41) is 11.3. The van der Waals surface area contributed by atoms with Gasteiger partial charge in [-0.2, -0.15) is 0 Å². The zero-order chi connectivity index (χ0) is 29.3. The molecule has 0 bridgehead atoms. The van der Waals surface area contributed by atoms with Gasteiger partial charge in [0.05, 0.1) is 53.2 Å². The molecule has 3 heterocycles. The van der Waals surface area contributed by atoms with E-state index in [9.17, 15) is 19.7 Å². The highest BCUT2D eigenvalue weighted by Crippen LogP contribution is 2.35. The second-order valence-corrected chi connectivity index (χ2v) is 9.93. The first kappa shape index (κ1) is 27.6. The quantitative estimate of drug-likeness (QED) is 0.175. The Kier molecular flexibility index (Phi) is 7.58. The van der Waals surface area contributed by atoms with E-state index in [-0.39, 0.29) is 23.4 Å². The number of ether oxygens (including phenoxy) is 3. The van der Waals surface area contributed by atoms with Gasteiger partial charge in [0.2, 0.25) is 0 Å². The van der Waals surface area contributed by atoms with Gasteiger partial charge in [-0.05, 0) is 49.7 Å². The summed E-state index contributed by atoms with van der Waals surface area (Å²) in [4.78, 5) is 42.7. The van der Waals surface area contributed by atoms with Crippen LogP contribution < -0.4 is 24.4 Å². The number of non-ortho nitro benzene ring substituents is 1. The predicted octanol–water partition coefficient (Wildman–Crippen LogP) is 3.98. The van der Waals surface area contributed by atoms with Gasteiger partial charge in [-0.3, -0.25) is 19.5 Å². The number of thiazole rings is 1. The molecule has 0 fully saturated rings. The molecule has 0 amide bonds. The fourth-order valence-electron chi connectivity index (χ4n) is 4.62. The molecule has 11 nitrogen and oxygen atoms in total. The van der Waals surface area contributed by atoms with Crippen LogP contribution in [0.4, 0.5) is 5.69 Å². The Balaban J connectivity index is 1.64. The van der Waals surface area contributed by atoms with Crippen LogP contribution in [0.25, 0.3) is 17.4 Å². The number of allylic oxidation sites excluding steroid dienone is 1. The second-order valence-electron chi connectivity index (χ2n) is 8.92. The minimum absolute atomic E-state index is 0.114. The molecule has 0 N–H and O–H groups in total. The topological polar surface area (TPSA) is 135 Å². The van der Waals surface area contributed by atoms with Crippen molar-refractivity contribution < 1.29 is 28.3 Å². The molecule has 0 radical (unpaired) electrons. The molecule has 1 atom stereocenters. The van der Waals surface area contributed by atoms with Crippen molar-refractivity contribution in [1.29, 1.82) is 0 Å². The summed E-state index contributed by atoms with van der Waals surface area (Å²) in [5.74, 6) is 1.09. The van der Waals surface area contributed by atoms with Gasteiger partial charge in [0, 0.05) is 18.2 Å². The number of carbonyl (C=O) groups excluding carboxylic acids is 1. The third-order valence-electron chi connectivity index (χ3n) is 6.49. The number of rotatable bonds is 8. The average Bonchev–Trinajstić information content (AvgIpc) is 3.56. The van der Waals surface area contributed by atoms with Crippen LogP contribution in [0, 0.1) is 10.1 Å². The Morgan fingerprint density at radius 1 is 1.17 bits per heavy atom. The van der Waals surface area contributed by atoms with Gasteiger partial charge >= 0.3 is 5.97 Å². The largest absolute Gasteiger partial charge is 0.497 e. The predicted molar refractivity (Wildman–Crippen MR) is 151 cm³/mol. The van der Waals surface area contributed by atoms with E-state index in [0.29, 0.717) is 49.2 Å². The van der Waals surface area contributed by atoms with Gasteiger partial charge in [-0.1, -0.05) is 23.5 Å². The second kappa shape index (κ2) is 11.3. The monoisotopic (exact) mass is 575 g/mol. The molecule has 4 aromatic rings. The van der Waals surface area contributed by atoms with Crippen LogP contribution >= 0.6 is 11.3 Å². The van der Waals surface area contributed by atoms with Gasteiger partial charge in [-0.25, -0.2) is 9.79 Å². The zero-order valence-electron chi connectivity index (χ0n) is 22.6. The van der Waals surface area contributed by atoms with Crippen LogP contribution in [0.1, 0.15) is 31.2 Å². The fraction of sp³-hybridized carbons (Fsp3) is 0.207. The molecule has 1 unspecified atom stereocenters. The number of hydrogen-bond acceptors (Lipinski definition) is 10. The van der Waals surface area contributed by atoms with Gasteiger partial charge in [0.1, 0.15) is 23.0 Å². The summed E-state index contributed by atoms with van der Waals surface area (Å²) in [6, 6.07) is 13.9. The number of hydrogen-bond donors (Lipinski definition) is 0. The highest BCUT2D eigenvalue weighted by molar-refractivity contribution is 7.07. The van der Waals surface area contributed by atoms with Crippen molar-refractivity contribution in [3.8, 4) is 22.8 Å². The van der Waals surface area contributed by atoms with Gasteiger partial charge in [-0.15, -0.1) is 0 Å². The van der Waals surface area contributed by atoms with Crippen molar-refractivity contribution in [2.24, 2.45) is 4.99 Å². The molecular formula is C29H25N3O8S. The Morgan fingerprint density at radius 2 is 1.98 bits per heavy atom. The minimum atomic E-state index is -0.788. The highest BCUT2D eigenvalue weighted by Gasteiger charge is 2.33. The molecule has 1 aliphatic heterocycles. The van der Waals surface area contributed by atoms with Crippen LogP contribution in [0.15, 0.2) is 80.1 Å². The third-order valence-corrected chi connectivity index (χ3v) is 7.47. The summed E-state index contributed by atoms with van der Waals surface area (Å²) in [5.41, 5.74) is 1.28. The van der Waals surface area contributed by atoms with Gasteiger partial charge < -0.3 is 18.6 Å². The summed E-state index contributed by atoms with van der Waals surface area (Å²) < 4.78 is 23.8. The molecule has 0 saturated heterocycles. The number of aromatic nitrogens is 1. The van der Waals surface area contributed by atoms with Gasteiger partial charge in [0.15, 0.2) is 4.80 Å². The molecule has 2 aromatic heterocycles. The summed E-state index contributed by atoms with van der Waals surface area (Å²) in [6.45, 7) is 3.59. The van der Waals surface area contributed by atoms with Gasteiger partial charge in [0.25, 0.3) is 11.2 Å². The maximum atomic E-state index is 13.8. The van der Waals surface area contributed by atoms with Crippen molar-refractivity contribution in [2.75, 3.05) is 20.8 Å². The van der Waals surface area contributed by atoms with E-state index < -0.39 is 16.9 Å². The molecule has 41 heavy (non-hydrogen) atoms. The summed E-state index contributed by atoms with van der Waals surface area (Å²) >= 11 is 1.15. The van der Waals surface area contributed by atoms with Crippen molar-refractivity contribution >= 4 is 29.1 Å². The number of carbonyl (C=O) groups is 1. The molecule has 1 aliphatic rings. The molecule has 5 rings (SSSR count). The Morgan fingerprint density at radius 3 is 2.68 bits per heavy atom. The normalized spacial score (nSPS) is 14.8. The highest BCUT2D eigenvalue weighted by atomic mass is 32.1. The molecule has 0 spiro atoms. The summed E-state index contributed by atoms with van der Waals surface area (Å²) in [7, 11) is 3.00. The zero-order valence-corrected chi connectivity index (χ0v) is 23.4. The number of nitrogens with zero attached hydrogens (tertiary/aromatic N) is 3. The molecule has 2 aromatic carbocycles. The van der Waals surface area contributed by atoms with E-state index in [0.717, 1.165) is 11.3 Å². The Bertz CT molecular complexity index is 1880. The van der Waals surface area contributed by atoms with Crippen LogP contribution in [-0.4, -0.2) is 36.3 Å². The number of nitro benzene ring substituents is 1. The van der Waals surface area contributed by atoms with Crippen molar-refractivity contribution in [3.63, 3.8) is 0 Å². The average molecular weight is 576 g/mol. The number of furan rings is 1. The maximum absolute atomic E-state index is 13.8. The number of benzene rings is 2. The molecule has 0 saturated carbocycles. The summed E-state index contributed by atoms with van der Waals surface area (Å²) in [6.07, 6.45) is 1.57. The lowest BCUT2D eigenvalue weighted by Gasteiger charge is -2.24. The van der Waals surface area contributed by atoms with E-state index in [1.807, 2.05) is 6.07 Å². The number of nitro groups is 1. The van der Waals surface area contributed by atoms with E-state index >= 15 is 0 Å². The fourth-order valence-corrected chi connectivity index (χ4v) is 5.65. The first-order chi connectivity index (χ1) is 19.7. The smallest absolute Gasteiger partial charge is 0.338 e. The van der Waals surface area contributed by atoms with Crippen LogP contribution in [0.3, 0.4) is 0 Å². The first-order valence-corrected chi connectivity index (χ1v) is 13.3. The van der Waals surface area contributed by atoms with E-state index in [1.54, 1.807) is 57.4 Å². The lowest BCUT2D eigenvalue weighted by Crippen LogP contribution is -2.39. The standard InChI is InChI=1S/C29H25N3O8S/c1-5-39-28(34)25-16(2)30-29-31(26(25)17-7-6-8-19(13-17)37-3)27(33)24(41-29)15-20-10-12-23(40-20)21-14-18(32(35)36)9-11-22(21)38-4/h6-15,26H,5H2,1-4H3/b24-15+. The Hall–Kier alpha value is -4.97. The van der Waals surface area contributed by atoms with Crippen molar-refractivity contribution in [3.05, 3.63) is 107 Å². The lowest BCUT2D eigenvalue weighted by atomic mass is 9.95. The molecule has 210 valence electrons. The maximum Gasteiger partial charge on any atom is 0.338 e. The van der Waals surface area contributed by atoms with Crippen LogP contribution in [0.5, 0.6) is 11.5 Å². The minimum Gasteiger partial charge on any atom is -0.497 e. The number of fused-ring (bicyclic) bond motifs is 1. The van der Waals surface area contributed by atoms with E-state index in [4.69, 9.17) is 18.6 Å². The van der Waals surface area contributed by atoms with Crippen LogP contribution in [-0.2, 0) is 9.53 Å². The molecule has 12 heteroatoms. The lowest BCUT2D eigenvalue weighted by molar-refractivity contribution is -0.384. The molecular weight excluding hydrogens is 550 g/mol. The van der Waals surface area contributed by atoms with Crippen molar-refractivity contribution in [1.82, 2.24) is 4.57 Å². The third kappa shape index (κ3) is 5.16. The SMILES string of the molecule is CCOC(=O)C1=C(C)N=c2s/c(=C/c3ccc(-c4cc([N+](=O)[O-])ccc4OC)o3)c(=O)n2C1c1cccc(OC)c1.